The van der Waals surface area contributed by atoms with Gasteiger partial charge in [0.1, 0.15) is 9.71 Å². The van der Waals surface area contributed by atoms with Crippen LogP contribution in [-0.4, -0.2) is 10.8 Å². The fourth-order valence-corrected chi connectivity index (χ4v) is 5.70. The average Bonchev–Trinajstić information content (AvgIpc) is 3.49. The van der Waals surface area contributed by atoms with Crippen molar-refractivity contribution in [2.24, 2.45) is 0 Å². The van der Waals surface area contributed by atoms with Gasteiger partial charge in [0.25, 0.3) is 0 Å². The van der Waals surface area contributed by atoms with Crippen LogP contribution in [0.25, 0.3) is 31.2 Å². The second-order valence-electron chi connectivity index (χ2n) is 6.23. The molecule has 2 N–H and O–H groups in total. The number of hydrogen-bond donors (Lipinski definition) is 1. The molecule has 0 bridgehead atoms. The van der Waals surface area contributed by atoms with Gasteiger partial charge in [0.2, 0.25) is 5.78 Å². The number of pyridine rings is 1. The SMILES string of the molecule is Nc1c(C(=O)c2ccccc2)sc2nc(-c3cccs3)cc(-c3cccs3)c12. The smallest absolute Gasteiger partial charge is 0.205 e. The van der Waals surface area contributed by atoms with E-state index in [0.717, 1.165) is 31.2 Å². The van der Waals surface area contributed by atoms with Crippen LogP contribution in [0.2, 0.25) is 0 Å². The summed E-state index contributed by atoms with van der Waals surface area (Å²) in [5, 5.41) is 4.96. The highest BCUT2D eigenvalue weighted by atomic mass is 32.1. The minimum atomic E-state index is -0.0593. The summed E-state index contributed by atoms with van der Waals surface area (Å²) in [4.78, 5) is 21.5. The number of carbonyl (C=O) groups excluding carboxylic acids is 1. The van der Waals surface area contributed by atoms with E-state index in [-0.39, 0.29) is 5.78 Å². The lowest BCUT2D eigenvalue weighted by atomic mass is 10.0. The topological polar surface area (TPSA) is 56.0 Å². The zero-order valence-electron chi connectivity index (χ0n) is 14.6. The number of ketones is 1. The first-order valence-electron chi connectivity index (χ1n) is 8.63. The summed E-state index contributed by atoms with van der Waals surface area (Å²) in [6, 6.07) is 19.5. The Balaban J connectivity index is 1.77. The molecule has 0 aliphatic heterocycles. The van der Waals surface area contributed by atoms with Gasteiger partial charge in [-0.15, -0.1) is 34.0 Å². The lowest BCUT2D eigenvalue weighted by molar-refractivity contribution is 0.104. The molecule has 0 aliphatic carbocycles. The first-order valence-corrected chi connectivity index (χ1v) is 11.2. The van der Waals surface area contributed by atoms with Crippen LogP contribution in [0.4, 0.5) is 5.69 Å². The van der Waals surface area contributed by atoms with Crippen molar-refractivity contribution in [1.82, 2.24) is 4.98 Å². The molecule has 3 nitrogen and oxygen atoms in total. The number of aromatic nitrogens is 1. The molecule has 6 heteroatoms. The van der Waals surface area contributed by atoms with E-state index in [1.165, 1.54) is 11.3 Å². The van der Waals surface area contributed by atoms with Crippen LogP contribution in [0.5, 0.6) is 0 Å². The average molecular weight is 419 g/mol. The molecule has 0 aliphatic rings. The molecular formula is C22H14N2OS3. The summed E-state index contributed by atoms with van der Waals surface area (Å²) in [5.74, 6) is -0.0593. The Bertz CT molecular complexity index is 1270. The second kappa shape index (κ2) is 6.98. The van der Waals surface area contributed by atoms with Gasteiger partial charge in [-0.05, 0) is 29.0 Å². The van der Waals surface area contributed by atoms with Crippen molar-refractivity contribution in [2.45, 2.75) is 0 Å². The predicted octanol–water partition coefficient (Wildman–Crippen LogP) is 6.57. The number of anilines is 1. The monoisotopic (exact) mass is 418 g/mol. The van der Waals surface area contributed by atoms with Gasteiger partial charge < -0.3 is 5.73 Å². The van der Waals surface area contributed by atoms with Gasteiger partial charge in [-0.25, -0.2) is 4.98 Å². The zero-order chi connectivity index (χ0) is 19.1. The summed E-state index contributed by atoms with van der Waals surface area (Å²) in [6.07, 6.45) is 0. The molecule has 1 aromatic carbocycles. The van der Waals surface area contributed by atoms with Crippen molar-refractivity contribution in [3.63, 3.8) is 0 Å². The summed E-state index contributed by atoms with van der Waals surface area (Å²) < 4.78 is 0. The molecule has 5 rings (SSSR count). The van der Waals surface area contributed by atoms with Crippen molar-refractivity contribution in [3.05, 3.63) is 81.9 Å². The molecule has 5 aromatic rings. The number of hydrogen-bond acceptors (Lipinski definition) is 6. The standard InChI is InChI=1S/C22H14N2OS3/c23-19-18-14(16-8-4-10-26-16)12-15(17-9-5-11-27-17)24-22(18)28-21(19)20(25)13-6-2-1-3-7-13/h1-12H,23H2. The summed E-state index contributed by atoms with van der Waals surface area (Å²) in [5.41, 5.74) is 9.60. The lowest BCUT2D eigenvalue weighted by Crippen LogP contribution is -2.01. The van der Waals surface area contributed by atoms with E-state index in [9.17, 15) is 4.79 Å². The Morgan fingerprint density at radius 1 is 0.893 bits per heavy atom. The third kappa shape index (κ3) is 2.86. The van der Waals surface area contributed by atoms with Gasteiger partial charge >= 0.3 is 0 Å². The highest BCUT2D eigenvalue weighted by Crippen LogP contribution is 2.43. The minimum absolute atomic E-state index is 0.0593. The van der Waals surface area contributed by atoms with Crippen LogP contribution in [-0.2, 0) is 0 Å². The molecule has 0 saturated carbocycles. The Hall–Kier alpha value is -2.80. The van der Waals surface area contributed by atoms with Gasteiger partial charge in [0.05, 0.1) is 16.3 Å². The maximum Gasteiger partial charge on any atom is 0.205 e. The Morgan fingerprint density at radius 2 is 1.61 bits per heavy atom. The number of nitrogen functional groups attached to an aromatic ring is 1. The first-order chi connectivity index (χ1) is 13.7. The van der Waals surface area contributed by atoms with Crippen LogP contribution in [0.3, 0.4) is 0 Å². The molecule has 0 atom stereocenters. The van der Waals surface area contributed by atoms with E-state index in [1.54, 1.807) is 22.7 Å². The van der Waals surface area contributed by atoms with Crippen molar-refractivity contribution >= 4 is 55.7 Å². The number of carbonyl (C=O) groups is 1. The molecule has 4 aromatic heterocycles. The number of fused-ring (bicyclic) bond motifs is 1. The minimum Gasteiger partial charge on any atom is -0.397 e. The van der Waals surface area contributed by atoms with Crippen molar-refractivity contribution in [3.8, 4) is 21.0 Å². The molecule has 0 saturated heterocycles. The maximum atomic E-state index is 13.1. The summed E-state index contributed by atoms with van der Waals surface area (Å²) in [6.45, 7) is 0. The molecular weight excluding hydrogens is 404 g/mol. The molecule has 0 spiro atoms. The van der Waals surface area contributed by atoms with Crippen LogP contribution >= 0.6 is 34.0 Å². The van der Waals surface area contributed by atoms with Crippen LogP contribution < -0.4 is 5.73 Å². The van der Waals surface area contributed by atoms with Gasteiger partial charge in [-0.3, -0.25) is 4.79 Å². The normalized spacial score (nSPS) is 11.1. The molecule has 0 unspecified atom stereocenters. The van der Waals surface area contributed by atoms with E-state index < -0.39 is 0 Å². The fourth-order valence-electron chi connectivity index (χ4n) is 3.19. The number of nitrogens with two attached hydrogens (primary N) is 1. The molecule has 136 valence electrons. The Morgan fingerprint density at radius 3 is 2.29 bits per heavy atom. The van der Waals surface area contributed by atoms with Crippen LogP contribution in [0, 0.1) is 0 Å². The van der Waals surface area contributed by atoms with Crippen molar-refractivity contribution < 1.29 is 4.79 Å². The second-order valence-corrected chi connectivity index (χ2v) is 9.12. The molecule has 0 fully saturated rings. The van der Waals surface area contributed by atoms with E-state index in [1.807, 2.05) is 53.2 Å². The van der Waals surface area contributed by atoms with Gasteiger partial charge in [0, 0.05) is 21.4 Å². The highest BCUT2D eigenvalue weighted by molar-refractivity contribution is 7.21. The van der Waals surface area contributed by atoms with E-state index >= 15 is 0 Å². The van der Waals surface area contributed by atoms with E-state index in [0.29, 0.717) is 16.1 Å². The summed E-state index contributed by atoms with van der Waals surface area (Å²) >= 11 is 4.68. The van der Waals surface area contributed by atoms with Crippen LogP contribution in [0.15, 0.2) is 71.4 Å². The van der Waals surface area contributed by atoms with Gasteiger partial charge in [-0.2, -0.15) is 0 Å². The third-order valence-electron chi connectivity index (χ3n) is 4.50. The summed E-state index contributed by atoms with van der Waals surface area (Å²) in [7, 11) is 0. The number of thiophene rings is 3. The zero-order valence-corrected chi connectivity index (χ0v) is 17.0. The third-order valence-corrected chi connectivity index (χ3v) is 7.40. The quantitative estimate of drug-likeness (QED) is 0.336. The fraction of sp³-hybridized carbons (Fsp3) is 0. The lowest BCUT2D eigenvalue weighted by Gasteiger charge is -2.06. The largest absolute Gasteiger partial charge is 0.397 e. The predicted molar refractivity (Wildman–Crippen MR) is 121 cm³/mol. The van der Waals surface area contributed by atoms with Crippen molar-refractivity contribution in [1.29, 1.82) is 0 Å². The molecule has 4 heterocycles. The van der Waals surface area contributed by atoms with Gasteiger partial charge in [0.15, 0.2) is 0 Å². The number of nitrogens with zero attached hydrogens (tertiary/aromatic N) is 1. The van der Waals surface area contributed by atoms with Crippen molar-refractivity contribution in [2.75, 3.05) is 5.73 Å². The number of rotatable bonds is 4. The van der Waals surface area contributed by atoms with E-state index in [4.69, 9.17) is 10.7 Å². The number of benzene rings is 1. The molecule has 0 radical (unpaired) electrons. The van der Waals surface area contributed by atoms with E-state index in [2.05, 4.69) is 18.2 Å². The Kier molecular flexibility index (Phi) is 4.31. The van der Waals surface area contributed by atoms with Crippen LogP contribution in [0.1, 0.15) is 15.2 Å². The Labute approximate surface area is 173 Å². The maximum absolute atomic E-state index is 13.1. The highest BCUT2D eigenvalue weighted by Gasteiger charge is 2.22. The first kappa shape index (κ1) is 17.3. The molecule has 28 heavy (non-hydrogen) atoms. The molecule has 0 amide bonds. The van der Waals surface area contributed by atoms with Gasteiger partial charge in [-0.1, -0.05) is 42.5 Å².